The summed E-state index contributed by atoms with van der Waals surface area (Å²) in [6, 6.07) is 5.61. The van der Waals surface area contributed by atoms with Gasteiger partial charge in [0, 0.05) is 38.3 Å². The van der Waals surface area contributed by atoms with Gasteiger partial charge in [0.05, 0.1) is 33.2 Å². The molecule has 0 saturated carbocycles. The van der Waals surface area contributed by atoms with Crippen LogP contribution < -0.4 is 9.47 Å². The van der Waals surface area contributed by atoms with E-state index >= 15 is 0 Å². The Labute approximate surface area is 160 Å². The number of piperidine rings is 1. The molecule has 148 valence electrons. The summed E-state index contributed by atoms with van der Waals surface area (Å²) in [6.45, 7) is 2.17. The van der Waals surface area contributed by atoms with E-state index in [-0.39, 0.29) is 30.2 Å². The van der Waals surface area contributed by atoms with Crippen LogP contribution in [0.1, 0.15) is 18.4 Å². The smallest absolute Gasteiger partial charge is 0.227 e. The van der Waals surface area contributed by atoms with Gasteiger partial charge in [0.25, 0.3) is 0 Å². The van der Waals surface area contributed by atoms with Gasteiger partial charge >= 0.3 is 0 Å². The molecular weight excluding hydrogens is 348 g/mol. The summed E-state index contributed by atoms with van der Waals surface area (Å²) in [5.41, 5.74) is 0.793. The van der Waals surface area contributed by atoms with E-state index in [4.69, 9.17) is 14.2 Å². The monoisotopic (exact) mass is 376 g/mol. The van der Waals surface area contributed by atoms with E-state index in [1.54, 1.807) is 21.3 Å². The molecule has 3 heterocycles. The quantitative estimate of drug-likeness (QED) is 0.718. The summed E-state index contributed by atoms with van der Waals surface area (Å²) in [5.74, 6) is 1.25. The van der Waals surface area contributed by atoms with Crippen molar-refractivity contribution in [2.45, 2.75) is 25.3 Å². The Bertz CT molecular complexity index is 693. The van der Waals surface area contributed by atoms with Crippen LogP contribution in [-0.4, -0.2) is 75.2 Å². The van der Waals surface area contributed by atoms with Gasteiger partial charge in [0.15, 0.2) is 11.5 Å². The van der Waals surface area contributed by atoms with Crippen LogP contribution in [0.15, 0.2) is 18.2 Å². The van der Waals surface area contributed by atoms with Crippen molar-refractivity contribution >= 4 is 11.8 Å². The topological polar surface area (TPSA) is 68.3 Å². The molecule has 7 nitrogen and oxygen atoms in total. The fourth-order valence-electron chi connectivity index (χ4n) is 4.10. The number of fused-ring (bicyclic) bond motifs is 4. The van der Waals surface area contributed by atoms with E-state index in [9.17, 15) is 9.59 Å². The molecular formula is C20H28N2O5. The number of methoxy groups -OCH3 is 3. The zero-order valence-electron chi connectivity index (χ0n) is 16.3. The molecule has 0 N–H and O–H groups in total. The Morgan fingerprint density at radius 2 is 1.96 bits per heavy atom. The van der Waals surface area contributed by atoms with E-state index in [2.05, 4.69) is 0 Å². The maximum absolute atomic E-state index is 13.0. The van der Waals surface area contributed by atoms with Gasteiger partial charge in [-0.25, -0.2) is 0 Å². The molecule has 2 atom stereocenters. The molecule has 0 unspecified atom stereocenters. The van der Waals surface area contributed by atoms with Crippen LogP contribution in [0, 0.1) is 5.92 Å². The van der Waals surface area contributed by atoms with Crippen LogP contribution in [0.25, 0.3) is 0 Å². The number of hydrogen-bond acceptors (Lipinski definition) is 5. The number of hydrogen-bond donors (Lipinski definition) is 0. The minimum atomic E-state index is -0.114. The van der Waals surface area contributed by atoms with Crippen molar-refractivity contribution in [1.29, 1.82) is 0 Å². The van der Waals surface area contributed by atoms with Gasteiger partial charge in [-0.3, -0.25) is 9.59 Å². The zero-order chi connectivity index (χ0) is 19.4. The highest BCUT2D eigenvalue weighted by Gasteiger charge is 2.41. The molecule has 1 aromatic rings. The molecule has 0 radical (unpaired) electrons. The Morgan fingerprint density at radius 3 is 2.67 bits per heavy atom. The second-order valence-electron chi connectivity index (χ2n) is 7.08. The van der Waals surface area contributed by atoms with Crippen LogP contribution in [0.3, 0.4) is 0 Å². The van der Waals surface area contributed by atoms with Crippen LogP contribution in [0.5, 0.6) is 11.5 Å². The average Bonchev–Trinajstić information content (AvgIpc) is 2.97. The molecule has 3 saturated heterocycles. The summed E-state index contributed by atoms with van der Waals surface area (Å²) in [6.07, 6.45) is 2.01. The summed E-state index contributed by atoms with van der Waals surface area (Å²) < 4.78 is 15.9. The Kier molecular flexibility index (Phi) is 6.21. The summed E-state index contributed by atoms with van der Waals surface area (Å²) in [7, 11) is 4.79. The predicted molar refractivity (Wildman–Crippen MR) is 99.9 cm³/mol. The van der Waals surface area contributed by atoms with E-state index in [0.717, 1.165) is 18.4 Å². The number of benzene rings is 1. The normalized spacial score (nSPS) is 22.0. The molecule has 0 aliphatic carbocycles. The standard InChI is InChI=1S/C20H28N2O5/c1-25-10-9-22-16-8-7-15(20(22)24)12-21(13-16)18(23)11-14-5-4-6-17(26-2)19(14)27-3/h4-6,15-16H,7-13H2,1-3H3/t15-,16+/m0/s1. The van der Waals surface area contributed by atoms with Gasteiger partial charge in [-0.2, -0.15) is 0 Å². The second-order valence-corrected chi connectivity index (χ2v) is 7.08. The molecule has 27 heavy (non-hydrogen) atoms. The first-order chi connectivity index (χ1) is 13.1. The van der Waals surface area contributed by atoms with Gasteiger partial charge in [-0.15, -0.1) is 0 Å². The summed E-state index contributed by atoms with van der Waals surface area (Å²) in [4.78, 5) is 29.5. The Balaban J connectivity index is 1.74. The molecule has 1 aromatic carbocycles. The molecule has 3 aliphatic rings. The van der Waals surface area contributed by atoms with Crippen molar-refractivity contribution in [2.24, 2.45) is 5.92 Å². The molecule has 4 rings (SSSR count). The van der Waals surface area contributed by atoms with Crippen molar-refractivity contribution in [2.75, 3.05) is 47.6 Å². The first kappa shape index (κ1) is 19.5. The van der Waals surface area contributed by atoms with Gasteiger partial charge < -0.3 is 24.0 Å². The van der Waals surface area contributed by atoms with E-state index in [1.165, 1.54) is 0 Å². The average molecular weight is 376 g/mol. The third kappa shape index (κ3) is 4.03. The Morgan fingerprint density at radius 1 is 1.15 bits per heavy atom. The number of carbonyl (C=O) groups excluding carboxylic acids is 2. The minimum Gasteiger partial charge on any atom is -0.493 e. The number of rotatable bonds is 7. The van der Waals surface area contributed by atoms with Gasteiger partial charge in [-0.1, -0.05) is 12.1 Å². The van der Waals surface area contributed by atoms with Crippen LogP contribution >= 0.6 is 0 Å². The molecule has 3 aliphatic heterocycles. The fraction of sp³-hybridized carbons (Fsp3) is 0.600. The number of ether oxygens (including phenoxy) is 3. The Hall–Kier alpha value is -2.28. The molecule has 2 bridgehead atoms. The molecule has 2 amide bonds. The number of para-hydroxylation sites is 1. The summed E-state index contributed by atoms with van der Waals surface area (Å²) in [5, 5.41) is 0. The summed E-state index contributed by atoms with van der Waals surface area (Å²) >= 11 is 0. The maximum Gasteiger partial charge on any atom is 0.227 e. The van der Waals surface area contributed by atoms with Crippen molar-refractivity contribution in [3.8, 4) is 11.5 Å². The fourth-order valence-corrected chi connectivity index (χ4v) is 4.10. The zero-order valence-corrected chi connectivity index (χ0v) is 16.3. The lowest BCUT2D eigenvalue weighted by Crippen LogP contribution is -2.49. The second kappa shape index (κ2) is 8.61. The van der Waals surface area contributed by atoms with Crippen molar-refractivity contribution in [1.82, 2.24) is 9.80 Å². The molecule has 0 aromatic heterocycles. The lowest BCUT2D eigenvalue weighted by molar-refractivity contribution is -0.140. The van der Waals surface area contributed by atoms with E-state index < -0.39 is 0 Å². The largest absolute Gasteiger partial charge is 0.493 e. The van der Waals surface area contributed by atoms with Gasteiger partial charge in [0.2, 0.25) is 11.8 Å². The molecule has 7 heteroatoms. The maximum atomic E-state index is 13.0. The lowest BCUT2D eigenvalue weighted by Gasteiger charge is -2.35. The number of amides is 2. The molecule has 3 fully saturated rings. The third-order valence-electron chi connectivity index (χ3n) is 5.51. The first-order valence-electron chi connectivity index (χ1n) is 9.36. The van der Waals surface area contributed by atoms with Crippen molar-refractivity contribution in [3.63, 3.8) is 0 Å². The van der Waals surface area contributed by atoms with Gasteiger partial charge in [0.1, 0.15) is 0 Å². The first-order valence-corrected chi connectivity index (χ1v) is 9.36. The lowest BCUT2D eigenvalue weighted by atomic mass is 9.94. The highest BCUT2D eigenvalue weighted by Crippen LogP contribution is 2.33. The molecule has 0 spiro atoms. The minimum absolute atomic E-state index is 0.0137. The third-order valence-corrected chi connectivity index (χ3v) is 5.51. The highest BCUT2D eigenvalue weighted by molar-refractivity contribution is 5.84. The van der Waals surface area contributed by atoms with Crippen LogP contribution in [0.2, 0.25) is 0 Å². The van der Waals surface area contributed by atoms with Gasteiger partial charge in [-0.05, 0) is 18.9 Å². The number of nitrogens with zero attached hydrogens (tertiary/aromatic N) is 2. The van der Waals surface area contributed by atoms with Crippen LogP contribution in [0.4, 0.5) is 0 Å². The predicted octanol–water partition coefficient (Wildman–Crippen LogP) is 1.34. The van der Waals surface area contributed by atoms with Crippen molar-refractivity contribution in [3.05, 3.63) is 23.8 Å². The number of carbonyl (C=O) groups is 2. The highest BCUT2D eigenvalue weighted by atomic mass is 16.5. The van der Waals surface area contributed by atoms with E-state index in [0.29, 0.717) is 37.7 Å². The van der Waals surface area contributed by atoms with E-state index in [1.807, 2.05) is 28.0 Å². The SMILES string of the molecule is COCCN1C(=O)[C@H]2CC[C@@H]1CN(C(=O)Cc1cccc(OC)c1OC)C2. The van der Waals surface area contributed by atoms with Crippen LogP contribution in [-0.2, 0) is 20.7 Å². The van der Waals surface area contributed by atoms with Crippen molar-refractivity contribution < 1.29 is 23.8 Å².